The van der Waals surface area contributed by atoms with Crippen LogP contribution in [0.2, 0.25) is 0 Å². The first-order valence-corrected chi connectivity index (χ1v) is 22.5. The van der Waals surface area contributed by atoms with Gasteiger partial charge in [0.05, 0.1) is 94.8 Å². The molecule has 3 atom stereocenters. The summed E-state index contributed by atoms with van der Waals surface area (Å²) in [4.78, 5) is 49.8. The van der Waals surface area contributed by atoms with E-state index in [1.807, 2.05) is 51.1 Å². The van der Waals surface area contributed by atoms with E-state index < -0.39 is 31.2 Å². The fourth-order valence-corrected chi connectivity index (χ4v) is 8.40. The first-order chi connectivity index (χ1) is 31.0. The highest BCUT2D eigenvalue weighted by atomic mass is 32.1. The Morgan fingerprint density at radius 3 is 2.19 bits per heavy atom. The Bertz CT molecular complexity index is 2120. The third-order valence-electron chi connectivity index (χ3n) is 10.9. The van der Waals surface area contributed by atoms with Crippen molar-refractivity contribution in [2.45, 2.75) is 65.0 Å². The summed E-state index contributed by atoms with van der Waals surface area (Å²) < 4.78 is 35.7. The number of β-amino-alcohol motifs (C(OH)–C–C–N with tert-alkyl or cyclic N) is 1. The first-order valence-electron chi connectivity index (χ1n) is 21.6. The molecule has 2 aliphatic rings. The average molecular weight is 907 g/mol. The van der Waals surface area contributed by atoms with Gasteiger partial charge in [-0.3, -0.25) is 19.1 Å². The molecular weight excluding hydrogens is 847 g/mol. The van der Waals surface area contributed by atoms with Crippen LogP contribution in [0.1, 0.15) is 47.4 Å². The molecule has 3 amide bonds. The Morgan fingerprint density at radius 1 is 0.922 bits per heavy atom. The van der Waals surface area contributed by atoms with Crippen molar-refractivity contribution in [2.75, 3.05) is 79.2 Å². The predicted molar refractivity (Wildman–Crippen MR) is 237 cm³/mol. The number of carbonyl (C=O) groups is 3. The minimum atomic E-state index is -1.54. The number of aliphatic hydroxyl groups excluding tert-OH is 1. The first kappa shape index (κ1) is 48.7. The molecule has 2 aromatic carbocycles. The van der Waals surface area contributed by atoms with Crippen LogP contribution in [0.3, 0.4) is 0 Å². The van der Waals surface area contributed by atoms with Crippen LogP contribution in [-0.2, 0) is 52.9 Å². The highest BCUT2D eigenvalue weighted by molar-refractivity contribution is 7.13. The van der Waals surface area contributed by atoms with Gasteiger partial charge in [-0.15, -0.1) is 11.3 Å². The number of fused-ring (bicyclic) bond motifs is 1. The second kappa shape index (κ2) is 24.5. The van der Waals surface area contributed by atoms with Gasteiger partial charge in [-0.05, 0) is 36.1 Å². The molecule has 64 heavy (non-hydrogen) atoms. The van der Waals surface area contributed by atoms with Crippen LogP contribution >= 0.6 is 11.3 Å². The molecule has 4 aromatic rings. The van der Waals surface area contributed by atoms with Crippen molar-refractivity contribution in [3.8, 4) is 16.2 Å². The number of nitrogens with zero attached hydrogens (tertiary/aromatic N) is 5. The van der Waals surface area contributed by atoms with Gasteiger partial charge in [0.2, 0.25) is 11.8 Å². The number of amides is 3. The zero-order valence-corrected chi connectivity index (χ0v) is 37.5. The molecule has 0 bridgehead atoms. The Balaban J connectivity index is 0.892. The monoisotopic (exact) mass is 906 g/mol. The van der Waals surface area contributed by atoms with Gasteiger partial charge in [0, 0.05) is 55.0 Å². The molecule has 0 radical (unpaired) electrons. The van der Waals surface area contributed by atoms with E-state index in [4.69, 9.17) is 38.5 Å². The van der Waals surface area contributed by atoms with Crippen LogP contribution in [0.15, 0.2) is 60.4 Å². The fraction of sp³-hybridized carbons (Fsp3) is 0.523. The van der Waals surface area contributed by atoms with E-state index >= 15 is 0 Å². The van der Waals surface area contributed by atoms with Gasteiger partial charge in [-0.25, -0.2) is 4.98 Å². The van der Waals surface area contributed by atoms with E-state index in [2.05, 4.69) is 15.4 Å². The number of carbonyl (C=O) groups excluding carboxylic acids is 3. The van der Waals surface area contributed by atoms with Crippen molar-refractivity contribution in [2.24, 2.45) is 5.92 Å². The number of hydrogen-bond donors (Lipinski definition) is 4. The molecule has 2 aliphatic heterocycles. The number of rotatable bonds is 27. The summed E-state index contributed by atoms with van der Waals surface area (Å²) in [5.41, 5.74) is 6.10. The summed E-state index contributed by atoms with van der Waals surface area (Å²) in [6.07, 6.45) is 2.16. The van der Waals surface area contributed by atoms with E-state index in [0.717, 1.165) is 27.3 Å². The van der Waals surface area contributed by atoms with Gasteiger partial charge >= 0.3 is 7.12 Å². The van der Waals surface area contributed by atoms with Gasteiger partial charge in [0.15, 0.2) is 0 Å². The number of hydrogen-bond acceptors (Lipinski definition) is 15. The summed E-state index contributed by atoms with van der Waals surface area (Å²) in [6.45, 7) is 10.8. The lowest BCUT2D eigenvalue weighted by atomic mass is 9.83. The number of likely N-dealkylation sites (tertiary alicyclic amines) is 1. The predicted octanol–water partition coefficient (Wildman–Crippen LogP) is 1.42. The smallest absolute Gasteiger partial charge is 0.491 e. The molecule has 18 nitrogen and oxygen atoms in total. The lowest BCUT2D eigenvalue weighted by Gasteiger charge is -2.35. The molecule has 0 aliphatic carbocycles. The Kier molecular flexibility index (Phi) is 18.6. The van der Waals surface area contributed by atoms with E-state index in [1.54, 1.807) is 33.4 Å². The summed E-state index contributed by atoms with van der Waals surface area (Å²) in [5.74, 6) is -0.636. The van der Waals surface area contributed by atoms with Gasteiger partial charge in [-0.1, -0.05) is 44.2 Å². The molecule has 4 N–H and O–H groups in total. The minimum absolute atomic E-state index is 0.00217. The van der Waals surface area contributed by atoms with Crippen molar-refractivity contribution in [1.29, 1.82) is 0 Å². The highest BCUT2D eigenvalue weighted by Crippen LogP contribution is 2.33. The third kappa shape index (κ3) is 13.4. The van der Waals surface area contributed by atoms with E-state index in [0.29, 0.717) is 95.9 Å². The topological polar surface area (TPSA) is 216 Å². The van der Waals surface area contributed by atoms with E-state index in [-0.39, 0.29) is 43.8 Å². The van der Waals surface area contributed by atoms with Crippen molar-refractivity contribution in [3.05, 3.63) is 82.8 Å². The minimum Gasteiger partial charge on any atom is -0.491 e. The number of aryl methyl sites for hydroxylation is 1. The van der Waals surface area contributed by atoms with E-state index in [1.165, 1.54) is 22.4 Å². The number of aromatic nitrogens is 3. The Morgan fingerprint density at radius 2 is 1.58 bits per heavy atom. The number of thiazole rings is 1. The van der Waals surface area contributed by atoms with Crippen molar-refractivity contribution >= 4 is 41.6 Å². The van der Waals surface area contributed by atoms with Crippen molar-refractivity contribution < 1.29 is 58.0 Å². The standard InChI is InChI=1S/C44H59BN6O12S/c1-30(2)40(51-26-34-6-4-5-7-37(34)43(51)54)44(55)50-28-36(52)23-38(50)42(53)46-24-33-9-8-32(41-31(3)47-29-64-41)22-39(33)63-21-20-62-19-18-61-17-16-60-15-14-59-13-12-58-11-10-49-27-35(25-48-49)45(56)57/h4-9,22,25,27,29-30,36,38,40,52,56-57H,10-21,23-24,26,28H2,1-3H3,(H,46,53)/t36-,38+,40+/m1/s1. The van der Waals surface area contributed by atoms with Gasteiger partial charge in [0.1, 0.15) is 24.4 Å². The van der Waals surface area contributed by atoms with Gasteiger partial charge in [-0.2, -0.15) is 5.10 Å². The zero-order chi connectivity index (χ0) is 45.4. The highest BCUT2D eigenvalue weighted by Gasteiger charge is 2.45. The Hall–Kier alpha value is -4.77. The largest absolute Gasteiger partial charge is 0.491 e. The van der Waals surface area contributed by atoms with Crippen LogP contribution in [0.4, 0.5) is 0 Å². The normalized spacial score (nSPS) is 16.5. The fourth-order valence-electron chi connectivity index (χ4n) is 7.60. The lowest BCUT2D eigenvalue weighted by Crippen LogP contribution is -2.55. The quantitative estimate of drug-likeness (QED) is 0.0492. The van der Waals surface area contributed by atoms with Gasteiger partial charge in [0.25, 0.3) is 5.91 Å². The van der Waals surface area contributed by atoms with E-state index in [9.17, 15) is 19.5 Å². The molecule has 0 unspecified atom stereocenters. The van der Waals surface area contributed by atoms with Crippen LogP contribution < -0.4 is 15.5 Å². The second-order valence-corrected chi connectivity index (χ2v) is 16.7. The van der Waals surface area contributed by atoms with Gasteiger partial charge < -0.3 is 58.7 Å². The maximum Gasteiger partial charge on any atom is 0.491 e. The molecule has 4 heterocycles. The van der Waals surface area contributed by atoms with Crippen LogP contribution in [0.25, 0.3) is 10.4 Å². The van der Waals surface area contributed by atoms with Crippen molar-refractivity contribution in [1.82, 2.24) is 29.9 Å². The second-order valence-electron chi connectivity index (χ2n) is 15.8. The number of aliphatic hydroxyl groups is 1. The lowest BCUT2D eigenvalue weighted by molar-refractivity contribution is -0.143. The molecule has 346 valence electrons. The molecule has 1 saturated heterocycles. The maximum absolute atomic E-state index is 14.2. The summed E-state index contributed by atoms with van der Waals surface area (Å²) >= 11 is 1.52. The number of ether oxygens (including phenoxy) is 6. The maximum atomic E-state index is 14.2. The third-order valence-corrected chi connectivity index (χ3v) is 11.8. The SMILES string of the molecule is Cc1ncsc1-c1ccc(CNC(=O)[C@@H]2C[C@@H](O)CN2C(=O)[C@H](C(C)C)N2Cc3ccccc3C2=O)c(OCCOCCOCCOCCOCCOCCn2cc(B(O)O)cn2)c1. The molecule has 0 saturated carbocycles. The Labute approximate surface area is 377 Å². The summed E-state index contributed by atoms with van der Waals surface area (Å²) in [6, 6.07) is 11.4. The zero-order valence-electron chi connectivity index (χ0n) is 36.6. The van der Waals surface area contributed by atoms with Crippen LogP contribution in [-0.4, -0.2) is 162 Å². The summed E-state index contributed by atoms with van der Waals surface area (Å²) in [5, 5.41) is 36.0. The average Bonchev–Trinajstić information content (AvgIpc) is 4.09. The van der Waals surface area contributed by atoms with Crippen molar-refractivity contribution in [3.63, 3.8) is 0 Å². The van der Waals surface area contributed by atoms with Crippen LogP contribution in [0, 0.1) is 12.8 Å². The van der Waals surface area contributed by atoms with Crippen LogP contribution in [0.5, 0.6) is 5.75 Å². The number of nitrogens with one attached hydrogen (secondary N) is 1. The molecule has 1 fully saturated rings. The molecule has 2 aromatic heterocycles. The number of benzene rings is 2. The summed E-state index contributed by atoms with van der Waals surface area (Å²) in [7, 11) is -1.54. The molecule has 6 rings (SSSR count). The molecular formula is C44H59BN6O12S. The molecule has 0 spiro atoms. The molecule has 20 heteroatoms.